The number of halogens is 3. The summed E-state index contributed by atoms with van der Waals surface area (Å²) >= 11 is 0. The zero-order valence-corrected chi connectivity index (χ0v) is 32.2. The largest absolute Gasteiger partial charge is 1.00 e. The Morgan fingerprint density at radius 3 is 2.10 bits per heavy atom. The van der Waals surface area contributed by atoms with Gasteiger partial charge in [-0.05, 0) is 64.3 Å². The van der Waals surface area contributed by atoms with Gasteiger partial charge in [-0.3, -0.25) is 9.59 Å². The number of likely N-dealkylation sites (N-methyl/N-ethyl adjacent to an activating group) is 1. The number of nitrogens with zero attached hydrogens (tertiary/aromatic N) is 3. The number of unbranched alkanes of at least 4 members (excludes halogenated alkanes) is 4. The highest BCUT2D eigenvalue weighted by Crippen LogP contribution is 2.30. The summed E-state index contributed by atoms with van der Waals surface area (Å²) in [5, 5.41) is 0.283. The zero-order chi connectivity index (χ0) is 36.4. The van der Waals surface area contributed by atoms with Crippen LogP contribution in [-0.4, -0.2) is 81.2 Å². The number of carbonyl (C=O) groups is 1. The number of ether oxygens (including phenoxy) is 4. The Hall–Kier alpha value is -4.00. The lowest BCUT2D eigenvalue weighted by Gasteiger charge is -2.37. The lowest BCUT2D eigenvalue weighted by atomic mass is 10.1. The van der Waals surface area contributed by atoms with E-state index in [4.69, 9.17) is 18.9 Å². The van der Waals surface area contributed by atoms with Crippen molar-refractivity contribution in [2.45, 2.75) is 52.9 Å². The molecule has 1 fully saturated rings. The molecule has 5 rings (SSSR count). The van der Waals surface area contributed by atoms with E-state index in [2.05, 4.69) is 7.05 Å². The van der Waals surface area contributed by atoms with Crippen LogP contribution in [0.3, 0.4) is 0 Å². The van der Waals surface area contributed by atoms with Crippen LogP contribution in [0.15, 0.2) is 65.6 Å². The first-order chi connectivity index (χ1) is 24.6. The van der Waals surface area contributed by atoms with Crippen molar-refractivity contribution in [3.63, 3.8) is 0 Å². The maximum absolute atomic E-state index is 14.2. The van der Waals surface area contributed by atoms with Gasteiger partial charge in [0.2, 0.25) is 5.43 Å². The summed E-state index contributed by atoms with van der Waals surface area (Å²) in [6.45, 7) is 11.9. The molecule has 1 aromatic heterocycles. The highest BCUT2D eigenvalue weighted by Gasteiger charge is 2.25. The summed E-state index contributed by atoms with van der Waals surface area (Å²) in [4.78, 5) is 29.2. The Balaban J connectivity index is 0.00000605. The fourth-order valence-electron chi connectivity index (χ4n) is 6.56. The average molecular weight is 787 g/mol. The van der Waals surface area contributed by atoms with Crippen LogP contribution in [0.1, 0.15) is 63.2 Å². The highest BCUT2D eigenvalue weighted by molar-refractivity contribution is 6.07. The summed E-state index contributed by atoms with van der Waals surface area (Å²) < 4.78 is 54.5. The second-order valence-corrected chi connectivity index (χ2v) is 13.1. The van der Waals surface area contributed by atoms with Gasteiger partial charge >= 0.3 is 0 Å². The fraction of sp³-hybridized carbons (Fsp3) is 0.450. The highest BCUT2D eigenvalue weighted by atomic mass is 79.9. The van der Waals surface area contributed by atoms with Gasteiger partial charge in [0.1, 0.15) is 47.5 Å². The number of carbonyl (C=O) groups excluding carboxylic acids is 1. The van der Waals surface area contributed by atoms with Crippen LogP contribution in [0.4, 0.5) is 14.5 Å². The molecule has 12 heteroatoms. The minimum Gasteiger partial charge on any atom is -1.00 e. The first kappa shape index (κ1) is 40.8. The smallest absolute Gasteiger partial charge is 0.263 e. The third-order valence-electron chi connectivity index (χ3n) is 9.35. The van der Waals surface area contributed by atoms with E-state index < -0.39 is 23.0 Å². The third-order valence-corrected chi connectivity index (χ3v) is 9.35. The number of hydrogen-bond donors (Lipinski definition) is 0. The quantitative estimate of drug-likeness (QED) is 0.116. The summed E-state index contributed by atoms with van der Waals surface area (Å²) in [5.74, 6) is -0.634. The molecule has 9 nitrogen and oxygen atoms in total. The predicted molar refractivity (Wildman–Crippen MR) is 196 cm³/mol. The first-order valence-corrected chi connectivity index (χ1v) is 18.1. The molecule has 1 saturated heterocycles. The van der Waals surface area contributed by atoms with E-state index in [1.807, 2.05) is 13.8 Å². The topological polar surface area (TPSA) is 79.2 Å². The maximum Gasteiger partial charge on any atom is 0.263 e. The number of fused-ring (bicyclic) bond motifs is 1. The van der Waals surface area contributed by atoms with E-state index in [1.165, 1.54) is 30.5 Å². The van der Waals surface area contributed by atoms with Crippen molar-refractivity contribution in [3.8, 4) is 22.9 Å². The molecule has 52 heavy (non-hydrogen) atoms. The fourth-order valence-corrected chi connectivity index (χ4v) is 6.56. The number of rotatable bonds is 17. The first-order valence-electron chi connectivity index (χ1n) is 18.1. The molecule has 0 unspecified atom stereocenters. The van der Waals surface area contributed by atoms with Crippen molar-refractivity contribution in [2.24, 2.45) is 0 Å². The van der Waals surface area contributed by atoms with Crippen LogP contribution in [0.5, 0.6) is 17.2 Å². The van der Waals surface area contributed by atoms with Crippen LogP contribution in [0.2, 0.25) is 0 Å². The van der Waals surface area contributed by atoms with Crippen molar-refractivity contribution >= 4 is 22.5 Å². The van der Waals surface area contributed by atoms with Gasteiger partial charge in [0.05, 0.1) is 57.8 Å². The van der Waals surface area contributed by atoms with Crippen molar-refractivity contribution < 1.29 is 54.0 Å². The predicted octanol–water partition coefficient (Wildman–Crippen LogP) is 4.54. The van der Waals surface area contributed by atoms with E-state index in [-0.39, 0.29) is 40.2 Å². The second kappa shape index (κ2) is 19.2. The molecular weight excluding hydrogens is 736 g/mol. The Bertz CT molecular complexity index is 1820. The molecule has 282 valence electrons. The Labute approximate surface area is 315 Å². The third kappa shape index (κ3) is 10.3. The van der Waals surface area contributed by atoms with Crippen molar-refractivity contribution in [1.82, 2.24) is 4.57 Å². The van der Waals surface area contributed by atoms with Gasteiger partial charge in [-0.15, -0.1) is 0 Å². The number of anilines is 1. The number of quaternary nitrogens is 1. The van der Waals surface area contributed by atoms with Crippen LogP contribution in [-0.2, 0) is 4.74 Å². The van der Waals surface area contributed by atoms with Crippen LogP contribution >= 0.6 is 0 Å². The van der Waals surface area contributed by atoms with Gasteiger partial charge in [-0.25, -0.2) is 8.78 Å². The average Bonchev–Trinajstić information content (AvgIpc) is 3.10. The van der Waals surface area contributed by atoms with Crippen LogP contribution in [0, 0.1) is 11.6 Å². The van der Waals surface area contributed by atoms with Crippen molar-refractivity contribution in [3.05, 3.63) is 88.2 Å². The Morgan fingerprint density at radius 2 is 1.46 bits per heavy atom. The Kier molecular flexibility index (Phi) is 15.0. The molecule has 0 spiro atoms. The molecule has 0 saturated carbocycles. The SMILES string of the molecule is CCOc1cc(OCC)cc(-n2cc(C(=O)N(CC)c3cc(F)cc(F)c3)c(=O)c3ccc(OCCCCCCC[N+]4(C)CCOCC4)cc32)c1.[Br-]. The molecule has 0 radical (unpaired) electrons. The number of benzene rings is 3. The number of morpholine rings is 1. The molecule has 0 bridgehead atoms. The van der Waals surface area contributed by atoms with Gasteiger partial charge < -0.3 is 49.9 Å². The summed E-state index contributed by atoms with van der Waals surface area (Å²) in [6.07, 6.45) is 6.96. The van der Waals surface area contributed by atoms with Gasteiger partial charge in [-0.1, -0.05) is 12.8 Å². The molecule has 1 aliphatic rings. The number of amides is 1. The minimum atomic E-state index is -0.824. The minimum absolute atomic E-state index is 0. The molecule has 1 aliphatic heterocycles. The van der Waals surface area contributed by atoms with Gasteiger partial charge in [0.15, 0.2) is 0 Å². The monoisotopic (exact) mass is 785 g/mol. The summed E-state index contributed by atoms with van der Waals surface area (Å²) in [7, 11) is 2.32. The molecule has 0 aliphatic carbocycles. The molecular formula is C40H50BrF2N3O6. The molecule has 1 amide bonds. The molecule has 3 aromatic carbocycles. The molecule has 0 N–H and O–H groups in total. The van der Waals surface area contributed by atoms with Crippen molar-refractivity contribution in [1.29, 1.82) is 0 Å². The Morgan fingerprint density at radius 1 is 0.827 bits per heavy atom. The second-order valence-electron chi connectivity index (χ2n) is 13.1. The van der Waals surface area contributed by atoms with E-state index in [1.54, 1.807) is 47.9 Å². The zero-order valence-electron chi connectivity index (χ0n) is 30.6. The van der Waals surface area contributed by atoms with Crippen LogP contribution < -0.4 is 41.5 Å². The van der Waals surface area contributed by atoms with E-state index in [9.17, 15) is 18.4 Å². The van der Waals surface area contributed by atoms with Gasteiger partial charge in [0, 0.05) is 54.1 Å². The molecule has 4 aromatic rings. The molecule has 2 heterocycles. The van der Waals surface area contributed by atoms with E-state index in [0.29, 0.717) is 48.3 Å². The lowest BCUT2D eigenvalue weighted by Crippen LogP contribution is -3.00. The summed E-state index contributed by atoms with van der Waals surface area (Å²) in [6, 6.07) is 13.5. The van der Waals surface area contributed by atoms with Crippen molar-refractivity contribution in [2.75, 3.05) is 71.2 Å². The van der Waals surface area contributed by atoms with E-state index >= 15 is 0 Å². The summed E-state index contributed by atoms with van der Waals surface area (Å²) in [5.41, 5.74) is 0.456. The maximum atomic E-state index is 14.2. The van der Waals surface area contributed by atoms with E-state index in [0.717, 1.165) is 68.2 Å². The standard InChI is InChI=1S/C40H50F2N3O6.BrH/c1-5-43(31-22-29(41)21-30(42)23-31)40(47)37-28-44(32-24-34(49-6-2)26-35(25-32)50-7-3)38-27-33(13-14-36(38)39(37)46)51-18-12-10-8-9-11-15-45(4)16-19-48-20-17-45;/h13-14,21-28H,5-12,15-20H2,1-4H3;1H/q+1;/p-1. The number of hydrogen-bond acceptors (Lipinski definition) is 6. The lowest BCUT2D eigenvalue weighted by molar-refractivity contribution is -0.917. The van der Waals surface area contributed by atoms with Crippen LogP contribution in [0.25, 0.3) is 16.6 Å². The van der Waals surface area contributed by atoms with Gasteiger partial charge in [0.25, 0.3) is 5.91 Å². The van der Waals surface area contributed by atoms with Gasteiger partial charge in [-0.2, -0.15) is 0 Å². The molecule has 0 atom stereocenters. The number of pyridine rings is 1. The number of aromatic nitrogens is 1. The normalized spacial score (nSPS) is 13.7.